The summed E-state index contributed by atoms with van der Waals surface area (Å²) in [6, 6.07) is 1.93. The summed E-state index contributed by atoms with van der Waals surface area (Å²) < 4.78 is 10.2. The highest BCUT2D eigenvalue weighted by Gasteiger charge is 2.15. The van der Waals surface area contributed by atoms with Gasteiger partial charge in [-0.05, 0) is 18.4 Å². The third-order valence-corrected chi connectivity index (χ3v) is 3.33. The SMILES string of the molecule is C=CCN(CC(=O)OCC)Cc1nc(-c2ccsc2)no1. The molecule has 0 aliphatic carbocycles. The lowest BCUT2D eigenvalue weighted by Gasteiger charge is -2.16. The number of esters is 1. The normalized spacial score (nSPS) is 10.8. The summed E-state index contributed by atoms with van der Waals surface area (Å²) in [4.78, 5) is 17.7. The predicted molar refractivity (Wildman–Crippen MR) is 79.7 cm³/mol. The second kappa shape index (κ2) is 7.70. The predicted octanol–water partition coefficient (Wildman–Crippen LogP) is 2.35. The standard InChI is InChI=1S/C14H17N3O3S/c1-3-6-17(9-13(18)19-4-2)8-12-15-14(16-20-12)11-5-7-21-10-11/h3,5,7,10H,1,4,6,8-9H2,2H3. The first-order chi connectivity index (χ1) is 10.2. The monoisotopic (exact) mass is 307 g/mol. The molecule has 0 aliphatic heterocycles. The molecule has 21 heavy (non-hydrogen) atoms. The van der Waals surface area contributed by atoms with Gasteiger partial charge in [-0.2, -0.15) is 16.3 Å². The van der Waals surface area contributed by atoms with Gasteiger partial charge < -0.3 is 9.26 Å². The van der Waals surface area contributed by atoms with Gasteiger partial charge in [0.25, 0.3) is 0 Å². The third kappa shape index (κ3) is 4.51. The average Bonchev–Trinajstić information content (AvgIpc) is 3.09. The number of rotatable bonds is 8. The molecule has 0 fully saturated rings. The lowest BCUT2D eigenvalue weighted by molar-refractivity contribution is -0.144. The van der Waals surface area contributed by atoms with Gasteiger partial charge in [-0.15, -0.1) is 6.58 Å². The van der Waals surface area contributed by atoms with Gasteiger partial charge in [0, 0.05) is 17.5 Å². The van der Waals surface area contributed by atoms with Crippen LogP contribution in [-0.2, 0) is 16.1 Å². The summed E-state index contributed by atoms with van der Waals surface area (Å²) in [6.07, 6.45) is 1.72. The summed E-state index contributed by atoms with van der Waals surface area (Å²) in [5.74, 6) is 0.736. The molecule has 0 atom stereocenters. The number of hydrogen-bond acceptors (Lipinski definition) is 7. The van der Waals surface area contributed by atoms with E-state index in [-0.39, 0.29) is 12.5 Å². The number of carbonyl (C=O) groups excluding carboxylic acids is 1. The van der Waals surface area contributed by atoms with Crippen molar-refractivity contribution < 1.29 is 14.1 Å². The first kappa shape index (κ1) is 15.4. The van der Waals surface area contributed by atoms with E-state index in [9.17, 15) is 4.79 Å². The molecule has 0 N–H and O–H groups in total. The molecule has 2 rings (SSSR count). The zero-order chi connectivity index (χ0) is 15.1. The number of nitrogens with zero attached hydrogens (tertiary/aromatic N) is 3. The first-order valence-electron chi connectivity index (χ1n) is 6.57. The van der Waals surface area contributed by atoms with Crippen LogP contribution in [0, 0.1) is 0 Å². The minimum atomic E-state index is -0.281. The zero-order valence-corrected chi connectivity index (χ0v) is 12.6. The Morgan fingerprint density at radius 1 is 1.62 bits per heavy atom. The fourth-order valence-electron chi connectivity index (χ4n) is 1.78. The Bertz CT molecular complexity index is 580. The minimum absolute atomic E-state index is 0.163. The molecule has 2 aromatic heterocycles. The van der Waals surface area contributed by atoms with Gasteiger partial charge in [0.15, 0.2) is 0 Å². The van der Waals surface area contributed by atoms with Crippen molar-refractivity contribution in [3.05, 3.63) is 35.4 Å². The molecule has 112 valence electrons. The van der Waals surface area contributed by atoms with Crippen LogP contribution >= 0.6 is 11.3 Å². The van der Waals surface area contributed by atoms with E-state index >= 15 is 0 Å². The van der Waals surface area contributed by atoms with Gasteiger partial charge in [-0.25, -0.2) is 0 Å². The van der Waals surface area contributed by atoms with E-state index in [1.807, 2.05) is 21.7 Å². The van der Waals surface area contributed by atoms with Crippen molar-refractivity contribution >= 4 is 17.3 Å². The summed E-state index contributed by atoms with van der Waals surface area (Å²) in [5.41, 5.74) is 0.927. The smallest absolute Gasteiger partial charge is 0.320 e. The van der Waals surface area contributed by atoms with E-state index in [4.69, 9.17) is 9.26 Å². The second-order valence-electron chi connectivity index (χ2n) is 4.29. The van der Waals surface area contributed by atoms with Crippen molar-refractivity contribution in [3.8, 4) is 11.4 Å². The van der Waals surface area contributed by atoms with Crippen LogP contribution in [0.1, 0.15) is 12.8 Å². The maximum absolute atomic E-state index is 11.5. The Hall–Kier alpha value is -1.99. The Morgan fingerprint density at radius 2 is 2.48 bits per heavy atom. The van der Waals surface area contributed by atoms with Gasteiger partial charge >= 0.3 is 5.97 Å². The summed E-state index contributed by atoms with van der Waals surface area (Å²) in [6.45, 7) is 6.90. The van der Waals surface area contributed by atoms with Crippen LogP contribution in [0.5, 0.6) is 0 Å². The van der Waals surface area contributed by atoms with Crippen molar-refractivity contribution in [2.75, 3.05) is 19.7 Å². The van der Waals surface area contributed by atoms with Gasteiger partial charge in [-0.1, -0.05) is 11.2 Å². The van der Waals surface area contributed by atoms with Crippen LogP contribution in [0.25, 0.3) is 11.4 Å². The van der Waals surface area contributed by atoms with Crippen LogP contribution < -0.4 is 0 Å². The van der Waals surface area contributed by atoms with E-state index in [1.165, 1.54) is 0 Å². The molecule has 0 bridgehead atoms. The Labute approximate surface area is 127 Å². The lowest BCUT2D eigenvalue weighted by atomic mass is 10.3. The number of aromatic nitrogens is 2. The van der Waals surface area contributed by atoms with E-state index in [1.54, 1.807) is 24.3 Å². The van der Waals surface area contributed by atoms with E-state index in [0.29, 0.717) is 31.4 Å². The maximum Gasteiger partial charge on any atom is 0.320 e. The molecule has 2 aromatic rings. The Balaban J connectivity index is 1.99. The highest BCUT2D eigenvalue weighted by atomic mass is 32.1. The van der Waals surface area contributed by atoms with Crippen LogP contribution in [0.2, 0.25) is 0 Å². The Kier molecular flexibility index (Phi) is 5.65. The average molecular weight is 307 g/mol. The lowest BCUT2D eigenvalue weighted by Crippen LogP contribution is -2.31. The fourth-order valence-corrected chi connectivity index (χ4v) is 2.41. The molecule has 0 aliphatic rings. The number of thiophene rings is 1. The molecule has 2 heterocycles. The van der Waals surface area contributed by atoms with E-state index < -0.39 is 0 Å². The van der Waals surface area contributed by atoms with Gasteiger partial charge in [0.1, 0.15) is 0 Å². The van der Waals surface area contributed by atoms with Crippen molar-refractivity contribution in [1.82, 2.24) is 15.0 Å². The fraction of sp³-hybridized carbons (Fsp3) is 0.357. The highest BCUT2D eigenvalue weighted by molar-refractivity contribution is 7.08. The summed E-state index contributed by atoms with van der Waals surface area (Å²) >= 11 is 1.57. The van der Waals surface area contributed by atoms with Gasteiger partial charge in [0.2, 0.25) is 11.7 Å². The minimum Gasteiger partial charge on any atom is -0.465 e. The van der Waals surface area contributed by atoms with E-state index in [2.05, 4.69) is 16.7 Å². The molecule has 0 radical (unpaired) electrons. The van der Waals surface area contributed by atoms with Crippen LogP contribution in [0.3, 0.4) is 0 Å². The molecule has 7 heteroatoms. The maximum atomic E-state index is 11.5. The largest absolute Gasteiger partial charge is 0.465 e. The molecule has 0 saturated heterocycles. The molecule has 6 nitrogen and oxygen atoms in total. The van der Waals surface area contributed by atoms with Gasteiger partial charge in [0.05, 0.1) is 19.7 Å². The second-order valence-corrected chi connectivity index (χ2v) is 5.07. The van der Waals surface area contributed by atoms with Crippen LogP contribution in [-0.4, -0.2) is 40.7 Å². The number of ether oxygens (including phenoxy) is 1. The number of hydrogen-bond donors (Lipinski definition) is 0. The third-order valence-electron chi connectivity index (χ3n) is 2.65. The van der Waals surface area contributed by atoms with Crippen molar-refractivity contribution in [1.29, 1.82) is 0 Å². The number of carbonyl (C=O) groups is 1. The topological polar surface area (TPSA) is 68.5 Å². The molecular weight excluding hydrogens is 290 g/mol. The van der Waals surface area contributed by atoms with Crippen molar-refractivity contribution in [2.45, 2.75) is 13.5 Å². The van der Waals surface area contributed by atoms with E-state index in [0.717, 1.165) is 5.56 Å². The van der Waals surface area contributed by atoms with Crippen LogP contribution in [0.15, 0.2) is 34.0 Å². The molecule has 0 amide bonds. The van der Waals surface area contributed by atoms with Crippen molar-refractivity contribution in [3.63, 3.8) is 0 Å². The Morgan fingerprint density at radius 3 is 3.14 bits per heavy atom. The summed E-state index contributed by atoms with van der Waals surface area (Å²) in [5, 5.41) is 7.85. The molecular formula is C14H17N3O3S. The zero-order valence-electron chi connectivity index (χ0n) is 11.8. The molecule has 0 spiro atoms. The van der Waals surface area contributed by atoms with Crippen molar-refractivity contribution in [2.24, 2.45) is 0 Å². The molecule has 0 unspecified atom stereocenters. The molecule has 0 aromatic carbocycles. The van der Waals surface area contributed by atoms with Gasteiger partial charge in [-0.3, -0.25) is 9.69 Å². The quantitative estimate of drug-likeness (QED) is 0.551. The summed E-state index contributed by atoms with van der Waals surface area (Å²) in [7, 11) is 0. The first-order valence-corrected chi connectivity index (χ1v) is 7.51. The van der Waals surface area contributed by atoms with Crippen LogP contribution in [0.4, 0.5) is 0 Å². The highest BCUT2D eigenvalue weighted by Crippen LogP contribution is 2.19. The molecule has 0 saturated carbocycles.